The Labute approximate surface area is 114 Å². The van der Waals surface area contributed by atoms with Crippen LogP contribution >= 0.6 is 0 Å². The maximum absolute atomic E-state index is 5.85. The van der Waals surface area contributed by atoms with Crippen molar-refractivity contribution in [2.24, 2.45) is 0 Å². The molecule has 19 heavy (non-hydrogen) atoms. The summed E-state index contributed by atoms with van der Waals surface area (Å²) in [6.45, 7) is 8.95. The Kier molecular flexibility index (Phi) is 4.58. The maximum atomic E-state index is 5.85. The number of rotatable bonds is 6. The van der Waals surface area contributed by atoms with Crippen LogP contribution in [0.25, 0.3) is 0 Å². The Balaban J connectivity index is 2.08. The lowest BCUT2D eigenvalue weighted by Gasteiger charge is -2.09. The highest BCUT2D eigenvalue weighted by molar-refractivity contribution is 5.38. The van der Waals surface area contributed by atoms with Gasteiger partial charge in [0.2, 0.25) is 0 Å². The molecular weight excluding hydrogens is 238 g/mol. The zero-order valence-corrected chi connectivity index (χ0v) is 11.8. The lowest BCUT2D eigenvalue weighted by molar-refractivity contribution is 0.477. The fraction of sp³-hybridized carbons (Fsp3) is 0.400. The van der Waals surface area contributed by atoms with Gasteiger partial charge in [-0.2, -0.15) is 5.10 Å². The zero-order valence-electron chi connectivity index (χ0n) is 11.8. The quantitative estimate of drug-likeness (QED) is 0.866. The van der Waals surface area contributed by atoms with Crippen LogP contribution in [0.15, 0.2) is 30.6 Å². The number of nitrogens with one attached hydrogen (secondary N) is 1. The molecule has 2 aromatic rings. The van der Waals surface area contributed by atoms with Crippen LogP contribution in [-0.2, 0) is 13.1 Å². The van der Waals surface area contributed by atoms with Gasteiger partial charge in [0.1, 0.15) is 5.75 Å². The first-order valence-corrected chi connectivity index (χ1v) is 6.73. The Morgan fingerprint density at radius 3 is 2.79 bits per heavy atom. The molecule has 1 aromatic carbocycles. The van der Waals surface area contributed by atoms with E-state index < -0.39 is 0 Å². The van der Waals surface area contributed by atoms with Gasteiger partial charge < -0.3 is 10.1 Å². The first-order chi connectivity index (χ1) is 9.22. The van der Waals surface area contributed by atoms with Crippen molar-refractivity contribution in [3.05, 3.63) is 41.7 Å². The second-order valence-electron chi connectivity index (χ2n) is 4.51. The van der Waals surface area contributed by atoms with E-state index in [9.17, 15) is 0 Å². The summed E-state index contributed by atoms with van der Waals surface area (Å²) >= 11 is 0. The van der Waals surface area contributed by atoms with Gasteiger partial charge in [-0.3, -0.25) is 4.68 Å². The summed E-state index contributed by atoms with van der Waals surface area (Å²) in [6, 6.07) is 6.27. The van der Waals surface area contributed by atoms with Crippen LogP contribution < -0.4 is 10.1 Å². The summed E-state index contributed by atoms with van der Waals surface area (Å²) < 4.78 is 7.70. The topological polar surface area (TPSA) is 39.1 Å². The van der Waals surface area contributed by atoms with Crippen molar-refractivity contribution in [3.8, 4) is 11.5 Å². The fourth-order valence-electron chi connectivity index (χ4n) is 1.90. The summed E-state index contributed by atoms with van der Waals surface area (Å²) in [6.07, 6.45) is 3.65. The molecule has 0 saturated carbocycles. The number of hydrogen-bond acceptors (Lipinski definition) is 3. The lowest BCUT2D eigenvalue weighted by atomic mass is 10.1. The van der Waals surface area contributed by atoms with Gasteiger partial charge in [0.25, 0.3) is 0 Å². The molecule has 0 aliphatic heterocycles. The van der Waals surface area contributed by atoms with Gasteiger partial charge in [0.15, 0.2) is 5.75 Å². The highest BCUT2D eigenvalue weighted by Gasteiger charge is 2.04. The van der Waals surface area contributed by atoms with E-state index in [4.69, 9.17) is 4.74 Å². The predicted octanol–water partition coefficient (Wildman–Crippen LogP) is 3.11. The van der Waals surface area contributed by atoms with Gasteiger partial charge in [-0.25, -0.2) is 0 Å². The number of nitrogens with zero attached hydrogens (tertiary/aromatic N) is 2. The molecule has 0 radical (unpaired) electrons. The smallest absolute Gasteiger partial charge is 0.165 e. The van der Waals surface area contributed by atoms with Gasteiger partial charge in [-0.15, -0.1) is 0 Å². The number of hydrogen-bond donors (Lipinski definition) is 1. The van der Waals surface area contributed by atoms with E-state index in [2.05, 4.69) is 43.3 Å². The second kappa shape index (κ2) is 6.38. The van der Waals surface area contributed by atoms with E-state index in [0.717, 1.165) is 36.7 Å². The molecule has 0 saturated heterocycles. The third-order valence-electron chi connectivity index (χ3n) is 2.98. The van der Waals surface area contributed by atoms with Crippen LogP contribution in [0.2, 0.25) is 0 Å². The average Bonchev–Trinajstić information content (AvgIpc) is 2.87. The Morgan fingerprint density at radius 2 is 2.16 bits per heavy atom. The highest BCUT2D eigenvalue weighted by Crippen LogP contribution is 2.25. The molecular formula is C15H21N3O. The van der Waals surface area contributed by atoms with Crippen molar-refractivity contribution in [2.75, 3.05) is 6.54 Å². The number of benzene rings is 1. The second-order valence-corrected chi connectivity index (χ2v) is 4.51. The highest BCUT2D eigenvalue weighted by atomic mass is 16.5. The van der Waals surface area contributed by atoms with Gasteiger partial charge in [0, 0.05) is 13.1 Å². The molecule has 4 nitrogen and oxygen atoms in total. The molecule has 0 fully saturated rings. The molecule has 0 amide bonds. The SMILES string of the molecule is CCNCc1ccc(Oc2cnn(CC)c2)c(C)c1. The van der Waals surface area contributed by atoms with Gasteiger partial charge >= 0.3 is 0 Å². The van der Waals surface area contributed by atoms with E-state index in [1.807, 2.05) is 16.9 Å². The third kappa shape index (κ3) is 3.58. The molecule has 1 N–H and O–H groups in total. The number of aromatic nitrogens is 2. The molecule has 0 aliphatic rings. The predicted molar refractivity (Wildman–Crippen MR) is 76.5 cm³/mol. The lowest BCUT2D eigenvalue weighted by Crippen LogP contribution is -2.11. The van der Waals surface area contributed by atoms with Crippen molar-refractivity contribution < 1.29 is 4.74 Å². The van der Waals surface area contributed by atoms with Crippen LogP contribution in [0.4, 0.5) is 0 Å². The van der Waals surface area contributed by atoms with Crippen LogP contribution in [0.5, 0.6) is 11.5 Å². The summed E-state index contributed by atoms with van der Waals surface area (Å²) in [5, 5.41) is 7.52. The first-order valence-electron chi connectivity index (χ1n) is 6.73. The molecule has 0 aliphatic carbocycles. The van der Waals surface area contributed by atoms with E-state index in [1.54, 1.807) is 6.20 Å². The van der Waals surface area contributed by atoms with Gasteiger partial charge in [-0.1, -0.05) is 19.1 Å². The third-order valence-corrected chi connectivity index (χ3v) is 2.98. The fourth-order valence-corrected chi connectivity index (χ4v) is 1.90. The maximum Gasteiger partial charge on any atom is 0.165 e. The molecule has 2 rings (SSSR count). The minimum atomic E-state index is 0.782. The van der Waals surface area contributed by atoms with E-state index in [-0.39, 0.29) is 0 Å². The zero-order chi connectivity index (χ0) is 13.7. The van der Waals surface area contributed by atoms with E-state index in [0.29, 0.717) is 0 Å². The van der Waals surface area contributed by atoms with Crippen LogP contribution in [0.3, 0.4) is 0 Å². The minimum Gasteiger partial charge on any atom is -0.454 e. The summed E-state index contributed by atoms with van der Waals surface area (Å²) in [7, 11) is 0. The van der Waals surface area contributed by atoms with Crippen LogP contribution in [-0.4, -0.2) is 16.3 Å². The molecule has 1 heterocycles. The average molecular weight is 259 g/mol. The Hall–Kier alpha value is -1.81. The largest absolute Gasteiger partial charge is 0.454 e. The van der Waals surface area contributed by atoms with Crippen molar-refractivity contribution in [2.45, 2.75) is 33.9 Å². The van der Waals surface area contributed by atoms with Crippen molar-refractivity contribution in [1.29, 1.82) is 0 Å². The normalized spacial score (nSPS) is 10.7. The van der Waals surface area contributed by atoms with Crippen molar-refractivity contribution in [1.82, 2.24) is 15.1 Å². The minimum absolute atomic E-state index is 0.782. The summed E-state index contributed by atoms with van der Waals surface area (Å²) in [4.78, 5) is 0. The molecule has 4 heteroatoms. The molecule has 0 spiro atoms. The monoisotopic (exact) mass is 259 g/mol. The number of ether oxygens (including phenoxy) is 1. The summed E-state index contributed by atoms with van der Waals surface area (Å²) in [5.74, 6) is 1.67. The van der Waals surface area contributed by atoms with Crippen molar-refractivity contribution >= 4 is 0 Å². The van der Waals surface area contributed by atoms with Gasteiger partial charge in [0.05, 0.1) is 12.4 Å². The van der Waals surface area contributed by atoms with Gasteiger partial charge in [-0.05, 0) is 37.6 Å². The number of aryl methyl sites for hydroxylation is 2. The van der Waals surface area contributed by atoms with Crippen molar-refractivity contribution in [3.63, 3.8) is 0 Å². The first kappa shape index (κ1) is 13.6. The standard InChI is InChI=1S/C15H21N3O/c1-4-16-9-13-6-7-15(12(3)8-13)19-14-10-17-18(5-2)11-14/h6-8,10-11,16H,4-5,9H2,1-3H3. The van der Waals surface area contributed by atoms with E-state index >= 15 is 0 Å². The molecule has 0 unspecified atom stereocenters. The Morgan fingerprint density at radius 1 is 1.32 bits per heavy atom. The molecule has 102 valence electrons. The molecule has 0 atom stereocenters. The van der Waals surface area contributed by atoms with Crippen LogP contribution in [0.1, 0.15) is 25.0 Å². The Bertz CT molecular complexity index is 534. The molecule has 0 bridgehead atoms. The summed E-state index contributed by atoms with van der Waals surface area (Å²) in [5.41, 5.74) is 2.41. The molecule has 1 aromatic heterocycles. The van der Waals surface area contributed by atoms with E-state index in [1.165, 1.54) is 5.56 Å². The van der Waals surface area contributed by atoms with Crippen LogP contribution in [0, 0.1) is 6.92 Å².